The van der Waals surface area contributed by atoms with E-state index < -0.39 is 0 Å². The first-order chi connectivity index (χ1) is 9.88. The Morgan fingerprint density at radius 2 is 1.55 bits per heavy atom. The molecule has 0 saturated carbocycles. The number of nitrogens with zero attached hydrogens (tertiary/aromatic N) is 2. The van der Waals surface area contributed by atoms with Crippen molar-refractivity contribution in [2.45, 2.75) is 6.04 Å². The zero-order valence-electron chi connectivity index (χ0n) is 11.0. The molecule has 0 amide bonds. The molecule has 1 aromatic heterocycles. The Labute approximate surface area is 117 Å². The largest absolute Gasteiger partial charge is 0.271 e. The van der Waals surface area contributed by atoms with Gasteiger partial charge in [0.2, 0.25) is 0 Å². The molecule has 0 radical (unpaired) electrons. The summed E-state index contributed by atoms with van der Waals surface area (Å²) in [6.45, 7) is 0. The van der Waals surface area contributed by atoms with E-state index in [1.807, 2.05) is 77.7 Å². The van der Waals surface area contributed by atoms with E-state index in [1.165, 1.54) is 0 Å². The van der Waals surface area contributed by atoms with Gasteiger partial charge < -0.3 is 0 Å². The van der Waals surface area contributed by atoms with Gasteiger partial charge in [-0.1, -0.05) is 48.5 Å². The predicted octanol–water partition coefficient (Wildman–Crippen LogP) is 2.43. The Hall–Kier alpha value is -2.43. The molecule has 1 heterocycles. The molecule has 3 N–H and O–H groups in total. The average Bonchev–Trinajstić information content (AvgIpc) is 3.00. The normalized spacial score (nSPS) is 12.2. The summed E-state index contributed by atoms with van der Waals surface area (Å²) in [5, 5.41) is 4.40. The molecule has 1 unspecified atom stereocenters. The first kappa shape index (κ1) is 12.6. The second kappa shape index (κ2) is 5.69. The fourth-order valence-electron chi connectivity index (χ4n) is 2.24. The van der Waals surface area contributed by atoms with Gasteiger partial charge in [0.1, 0.15) is 0 Å². The first-order valence-corrected chi connectivity index (χ1v) is 6.49. The van der Waals surface area contributed by atoms with Gasteiger partial charge in [-0.15, -0.1) is 0 Å². The van der Waals surface area contributed by atoms with Crippen LogP contribution in [0.15, 0.2) is 73.1 Å². The Morgan fingerprint density at radius 3 is 2.20 bits per heavy atom. The molecule has 4 nitrogen and oxygen atoms in total. The maximum absolute atomic E-state index is 5.70. The Morgan fingerprint density at radius 1 is 0.900 bits per heavy atom. The zero-order valence-corrected chi connectivity index (χ0v) is 11.0. The number of nitrogens with two attached hydrogens (primary N) is 1. The van der Waals surface area contributed by atoms with E-state index in [9.17, 15) is 0 Å². The molecule has 0 spiro atoms. The van der Waals surface area contributed by atoms with Crippen LogP contribution in [-0.4, -0.2) is 9.78 Å². The van der Waals surface area contributed by atoms with Gasteiger partial charge >= 0.3 is 0 Å². The third-order valence-corrected chi connectivity index (χ3v) is 3.26. The van der Waals surface area contributed by atoms with E-state index in [2.05, 4.69) is 10.5 Å². The Bertz CT molecular complexity index is 661. The Kier molecular flexibility index (Phi) is 3.58. The molecular weight excluding hydrogens is 248 g/mol. The van der Waals surface area contributed by atoms with E-state index >= 15 is 0 Å². The number of aromatic nitrogens is 2. The van der Waals surface area contributed by atoms with Crippen molar-refractivity contribution in [1.29, 1.82) is 0 Å². The van der Waals surface area contributed by atoms with Crippen LogP contribution in [0.4, 0.5) is 0 Å². The van der Waals surface area contributed by atoms with Crippen LogP contribution in [0.3, 0.4) is 0 Å². The van der Waals surface area contributed by atoms with Gasteiger partial charge in [-0.3, -0.25) is 5.84 Å². The molecule has 3 rings (SSSR count). The van der Waals surface area contributed by atoms with Gasteiger partial charge in [0.05, 0.1) is 17.9 Å². The quantitative estimate of drug-likeness (QED) is 0.562. The van der Waals surface area contributed by atoms with Crippen molar-refractivity contribution in [3.05, 3.63) is 84.2 Å². The van der Waals surface area contributed by atoms with Gasteiger partial charge in [-0.2, -0.15) is 5.10 Å². The van der Waals surface area contributed by atoms with Gasteiger partial charge in [0.15, 0.2) is 0 Å². The topological polar surface area (TPSA) is 55.9 Å². The van der Waals surface area contributed by atoms with Crippen molar-refractivity contribution in [3.63, 3.8) is 0 Å². The highest BCUT2D eigenvalue weighted by molar-refractivity contribution is 5.34. The minimum Gasteiger partial charge on any atom is -0.271 e. The summed E-state index contributed by atoms with van der Waals surface area (Å²) in [4.78, 5) is 0. The molecule has 0 saturated heterocycles. The second-order valence-electron chi connectivity index (χ2n) is 4.56. The molecule has 0 aliphatic heterocycles. The molecule has 0 bridgehead atoms. The van der Waals surface area contributed by atoms with E-state index in [4.69, 9.17) is 5.84 Å². The predicted molar refractivity (Wildman–Crippen MR) is 79.2 cm³/mol. The maximum atomic E-state index is 5.70. The van der Waals surface area contributed by atoms with Crippen LogP contribution in [0.25, 0.3) is 5.69 Å². The highest BCUT2D eigenvalue weighted by Gasteiger charge is 2.14. The summed E-state index contributed by atoms with van der Waals surface area (Å²) in [5.74, 6) is 5.70. The van der Waals surface area contributed by atoms with Crippen LogP contribution in [0.5, 0.6) is 0 Å². The fourth-order valence-corrected chi connectivity index (χ4v) is 2.24. The maximum Gasteiger partial charge on any atom is 0.0740 e. The van der Waals surface area contributed by atoms with E-state index in [0.717, 1.165) is 16.8 Å². The number of para-hydroxylation sites is 1. The summed E-state index contributed by atoms with van der Waals surface area (Å²) in [6, 6.07) is 20.0. The Balaban J connectivity index is 1.93. The number of hydrogen-bond acceptors (Lipinski definition) is 3. The average molecular weight is 264 g/mol. The number of hydrazine groups is 1. The standard InChI is InChI=1S/C16H16N4/c17-19-16(13-7-3-1-4-8-13)14-11-18-20(12-14)15-9-5-2-6-10-15/h1-12,16,19H,17H2. The van der Waals surface area contributed by atoms with Crippen LogP contribution in [0, 0.1) is 0 Å². The monoisotopic (exact) mass is 264 g/mol. The highest BCUT2D eigenvalue weighted by Crippen LogP contribution is 2.21. The van der Waals surface area contributed by atoms with Gasteiger partial charge in [-0.05, 0) is 17.7 Å². The van der Waals surface area contributed by atoms with E-state index in [0.29, 0.717) is 0 Å². The molecule has 3 aromatic rings. The fraction of sp³-hybridized carbons (Fsp3) is 0.0625. The SMILES string of the molecule is NNC(c1ccccc1)c1cnn(-c2ccccc2)c1. The molecular formula is C16H16N4. The van der Waals surface area contributed by atoms with Crippen LogP contribution in [-0.2, 0) is 0 Å². The first-order valence-electron chi connectivity index (χ1n) is 6.49. The third kappa shape index (κ3) is 2.47. The highest BCUT2D eigenvalue weighted by atomic mass is 15.3. The number of hydrogen-bond donors (Lipinski definition) is 2. The van der Waals surface area contributed by atoms with Crippen LogP contribution in [0.2, 0.25) is 0 Å². The minimum absolute atomic E-state index is 0.0614. The van der Waals surface area contributed by atoms with Crippen LogP contribution in [0.1, 0.15) is 17.2 Å². The van der Waals surface area contributed by atoms with E-state index in [1.54, 1.807) is 0 Å². The van der Waals surface area contributed by atoms with Crippen molar-refractivity contribution in [2.24, 2.45) is 5.84 Å². The smallest absolute Gasteiger partial charge is 0.0740 e. The molecule has 20 heavy (non-hydrogen) atoms. The molecule has 4 heteroatoms. The lowest BCUT2D eigenvalue weighted by molar-refractivity contribution is 0.637. The number of benzene rings is 2. The third-order valence-electron chi connectivity index (χ3n) is 3.26. The molecule has 0 aliphatic carbocycles. The minimum atomic E-state index is -0.0614. The summed E-state index contributed by atoms with van der Waals surface area (Å²) < 4.78 is 1.85. The van der Waals surface area contributed by atoms with E-state index in [-0.39, 0.29) is 6.04 Å². The molecule has 0 aliphatic rings. The lowest BCUT2D eigenvalue weighted by Crippen LogP contribution is -2.28. The van der Waals surface area contributed by atoms with Crippen molar-refractivity contribution in [1.82, 2.24) is 15.2 Å². The lowest BCUT2D eigenvalue weighted by Gasteiger charge is -2.14. The summed E-state index contributed by atoms with van der Waals surface area (Å²) in [5.41, 5.74) is 6.02. The van der Waals surface area contributed by atoms with Crippen molar-refractivity contribution in [3.8, 4) is 5.69 Å². The molecule has 1 atom stereocenters. The number of nitrogens with one attached hydrogen (secondary N) is 1. The number of rotatable bonds is 4. The van der Waals surface area contributed by atoms with Gasteiger partial charge in [0.25, 0.3) is 0 Å². The molecule has 0 fully saturated rings. The van der Waals surface area contributed by atoms with Crippen molar-refractivity contribution in [2.75, 3.05) is 0 Å². The molecule has 2 aromatic carbocycles. The van der Waals surface area contributed by atoms with Crippen molar-refractivity contribution < 1.29 is 0 Å². The van der Waals surface area contributed by atoms with Gasteiger partial charge in [-0.25, -0.2) is 10.1 Å². The van der Waals surface area contributed by atoms with Crippen LogP contribution < -0.4 is 11.3 Å². The summed E-state index contributed by atoms with van der Waals surface area (Å²) in [7, 11) is 0. The van der Waals surface area contributed by atoms with Gasteiger partial charge in [0, 0.05) is 11.8 Å². The second-order valence-corrected chi connectivity index (χ2v) is 4.56. The lowest BCUT2D eigenvalue weighted by atomic mass is 10.0. The van der Waals surface area contributed by atoms with Crippen LogP contribution >= 0.6 is 0 Å². The molecule has 100 valence electrons. The van der Waals surface area contributed by atoms with Crippen molar-refractivity contribution >= 4 is 0 Å². The summed E-state index contributed by atoms with van der Waals surface area (Å²) in [6.07, 6.45) is 3.83. The summed E-state index contributed by atoms with van der Waals surface area (Å²) >= 11 is 0. The zero-order chi connectivity index (χ0) is 13.8.